The van der Waals surface area contributed by atoms with E-state index in [0.29, 0.717) is 0 Å². The molecular formula is C31H43ClNP. The highest BCUT2D eigenvalue weighted by molar-refractivity contribution is 7.79. The van der Waals surface area contributed by atoms with Crippen molar-refractivity contribution in [3.8, 4) is 0 Å². The maximum atomic E-state index is 2.53. The molecule has 0 atom stereocenters. The third kappa shape index (κ3) is 8.23. The van der Waals surface area contributed by atoms with Gasteiger partial charge in [0.05, 0.1) is 19.6 Å². The minimum atomic E-state index is -0.544. The molecule has 3 heteroatoms. The van der Waals surface area contributed by atoms with Crippen LogP contribution in [0.15, 0.2) is 84.9 Å². The molecule has 0 N–H and O–H groups in total. The minimum Gasteiger partial charge on any atom is -1.00 e. The summed E-state index contributed by atoms with van der Waals surface area (Å²) in [5, 5.41) is 4.33. The standard InChI is InChI=1S/C31H43NP.ClH/c1-4-7-23-32(24-8-5-2,25-9-6-3)27-28-17-16-22-31(26-28)33(29-18-12-10-13-19-29)30-20-14-11-15-21-30;/h10-22,26H,4-9,23-25,27H2,1-3H3;1H/q+1;/p-1. The van der Waals surface area contributed by atoms with Crippen LogP contribution in [0.3, 0.4) is 0 Å². The molecule has 0 heterocycles. The lowest BCUT2D eigenvalue weighted by atomic mass is 10.1. The second kappa shape index (κ2) is 15.4. The maximum absolute atomic E-state index is 2.53. The fourth-order valence-corrected chi connectivity index (χ4v) is 7.20. The van der Waals surface area contributed by atoms with Crippen molar-refractivity contribution >= 4 is 23.8 Å². The van der Waals surface area contributed by atoms with Crippen molar-refractivity contribution in [2.75, 3.05) is 19.6 Å². The molecule has 0 radical (unpaired) electrons. The monoisotopic (exact) mass is 495 g/mol. The largest absolute Gasteiger partial charge is 1.00 e. The average molecular weight is 496 g/mol. The summed E-state index contributed by atoms with van der Waals surface area (Å²) < 4.78 is 1.26. The molecule has 184 valence electrons. The molecule has 0 aliphatic heterocycles. The molecule has 0 aliphatic carbocycles. The molecule has 0 aromatic heterocycles. The smallest absolute Gasteiger partial charge is 0.104 e. The van der Waals surface area contributed by atoms with Gasteiger partial charge in [0.2, 0.25) is 0 Å². The van der Waals surface area contributed by atoms with Crippen molar-refractivity contribution in [2.45, 2.75) is 65.8 Å². The van der Waals surface area contributed by atoms with Crippen LogP contribution in [0, 0.1) is 0 Å². The molecule has 0 fully saturated rings. The number of nitrogens with zero attached hydrogens (tertiary/aromatic N) is 1. The van der Waals surface area contributed by atoms with E-state index < -0.39 is 7.92 Å². The third-order valence-corrected chi connectivity index (χ3v) is 9.10. The molecule has 0 aliphatic rings. The van der Waals surface area contributed by atoms with Gasteiger partial charge in [0, 0.05) is 5.56 Å². The highest BCUT2D eigenvalue weighted by Crippen LogP contribution is 2.33. The van der Waals surface area contributed by atoms with Gasteiger partial charge in [-0.3, -0.25) is 0 Å². The number of benzene rings is 3. The van der Waals surface area contributed by atoms with Crippen molar-refractivity contribution in [1.29, 1.82) is 0 Å². The summed E-state index contributed by atoms with van der Waals surface area (Å²) in [6.45, 7) is 12.1. The molecular weight excluding hydrogens is 453 g/mol. The topological polar surface area (TPSA) is 0 Å². The summed E-state index contributed by atoms with van der Waals surface area (Å²) in [6, 6.07) is 31.7. The Hall–Kier alpha value is -1.66. The number of hydrogen-bond donors (Lipinski definition) is 0. The van der Waals surface area contributed by atoms with E-state index in [4.69, 9.17) is 0 Å². The van der Waals surface area contributed by atoms with Gasteiger partial charge in [0.15, 0.2) is 0 Å². The zero-order valence-electron chi connectivity index (χ0n) is 21.4. The fourth-order valence-electron chi connectivity index (χ4n) is 4.84. The van der Waals surface area contributed by atoms with E-state index in [1.807, 2.05) is 0 Å². The van der Waals surface area contributed by atoms with Gasteiger partial charge in [-0.1, -0.05) is 119 Å². The first-order valence-corrected chi connectivity index (χ1v) is 14.4. The zero-order chi connectivity index (χ0) is 23.4. The van der Waals surface area contributed by atoms with Gasteiger partial charge in [-0.15, -0.1) is 0 Å². The van der Waals surface area contributed by atoms with E-state index in [1.165, 1.54) is 90.7 Å². The molecule has 3 rings (SSSR count). The van der Waals surface area contributed by atoms with Crippen LogP contribution in [0.2, 0.25) is 0 Å². The van der Waals surface area contributed by atoms with Gasteiger partial charge in [-0.2, -0.15) is 0 Å². The molecule has 0 unspecified atom stereocenters. The van der Waals surface area contributed by atoms with E-state index in [-0.39, 0.29) is 12.4 Å². The summed E-state index contributed by atoms with van der Waals surface area (Å²) in [5.41, 5.74) is 1.51. The van der Waals surface area contributed by atoms with Crippen LogP contribution in [0.4, 0.5) is 0 Å². The first-order valence-electron chi connectivity index (χ1n) is 13.1. The van der Waals surface area contributed by atoms with Crippen LogP contribution < -0.4 is 28.3 Å². The van der Waals surface area contributed by atoms with Gasteiger partial charge >= 0.3 is 0 Å². The van der Waals surface area contributed by atoms with E-state index in [1.54, 1.807) is 0 Å². The lowest BCUT2D eigenvalue weighted by Gasteiger charge is -2.39. The molecule has 34 heavy (non-hydrogen) atoms. The number of quaternary nitrogens is 1. The molecule has 1 nitrogen and oxygen atoms in total. The SMILES string of the molecule is CCCC[N+](CCCC)(CCCC)Cc1cccc(P(c2ccccc2)c2ccccc2)c1.[Cl-]. The Labute approximate surface area is 216 Å². The quantitative estimate of drug-likeness (QED) is 0.233. The first-order chi connectivity index (χ1) is 16.2. The van der Waals surface area contributed by atoms with Gasteiger partial charge < -0.3 is 16.9 Å². The van der Waals surface area contributed by atoms with Crippen LogP contribution in [0.1, 0.15) is 64.9 Å². The number of hydrogen-bond acceptors (Lipinski definition) is 0. The van der Waals surface area contributed by atoms with Gasteiger partial charge in [0.1, 0.15) is 6.54 Å². The molecule has 0 spiro atoms. The highest BCUT2D eigenvalue weighted by Gasteiger charge is 2.27. The summed E-state index contributed by atoms with van der Waals surface area (Å²) >= 11 is 0. The van der Waals surface area contributed by atoms with Gasteiger partial charge in [0.25, 0.3) is 0 Å². The second-order valence-corrected chi connectivity index (χ2v) is 11.6. The predicted molar refractivity (Wildman–Crippen MR) is 148 cm³/mol. The Bertz CT molecular complexity index is 867. The molecule has 3 aromatic carbocycles. The first kappa shape index (κ1) is 28.6. The van der Waals surface area contributed by atoms with Crippen LogP contribution in [0.25, 0.3) is 0 Å². The second-order valence-electron chi connectivity index (χ2n) is 9.41. The molecule has 0 saturated carbocycles. The van der Waals surface area contributed by atoms with Crippen molar-refractivity contribution in [1.82, 2.24) is 0 Å². The fraction of sp³-hybridized carbons (Fsp3) is 0.419. The lowest BCUT2D eigenvalue weighted by Crippen LogP contribution is -3.00. The summed E-state index contributed by atoms with van der Waals surface area (Å²) in [5.74, 6) is 0. The number of unbranched alkanes of at least 4 members (excludes halogenated alkanes) is 3. The van der Waals surface area contributed by atoms with Crippen molar-refractivity contribution in [2.24, 2.45) is 0 Å². The Morgan fingerprint density at radius 3 is 1.44 bits per heavy atom. The Kier molecular flexibility index (Phi) is 12.9. The van der Waals surface area contributed by atoms with E-state index in [0.717, 1.165) is 0 Å². The van der Waals surface area contributed by atoms with E-state index in [2.05, 4.69) is 106 Å². The van der Waals surface area contributed by atoms with Crippen molar-refractivity contribution in [3.63, 3.8) is 0 Å². The molecule has 0 saturated heterocycles. The lowest BCUT2D eigenvalue weighted by molar-refractivity contribution is -0.941. The van der Waals surface area contributed by atoms with Gasteiger partial charge in [-0.05, 0) is 49.2 Å². The Balaban J connectivity index is 0.00000408. The summed E-state index contributed by atoms with van der Waals surface area (Å²) in [6.07, 6.45) is 7.83. The molecule has 3 aromatic rings. The number of halogens is 1. The average Bonchev–Trinajstić information content (AvgIpc) is 2.86. The van der Waals surface area contributed by atoms with Crippen LogP contribution in [-0.4, -0.2) is 24.1 Å². The summed E-state index contributed by atoms with van der Waals surface area (Å²) in [7, 11) is -0.544. The zero-order valence-corrected chi connectivity index (χ0v) is 23.1. The maximum Gasteiger partial charge on any atom is 0.104 e. The Morgan fingerprint density at radius 1 is 0.559 bits per heavy atom. The summed E-state index contributed by atoms with van der Waals surface area (Å²) in [4.78, 5) is 0. The van der Waals surface area contributed by atoms with E-state index in [9.17, 15) is 0 Å². The van der Waals surface area contributed by atoms with Crippen molar-refractivity contribution < 1.29 is 16.9 Å². The highest BCUT2D eigenvalue weighted by atomic mass is 35.5. The number of rotatable bonds is 14. The van der Waals surface area contributed by atoms with Crippen LogP contribution >= 0.6 is 7.92 Å². The Morgan fingerprint density at radius 2 is 1.00 bits per heavy atom. The van der Waals surface area contributed by atoms with Gasteiger partial charge in [-0.25, -0.2) is 0 Å². The normalized spacial score (nSPS) is 11.4. The minimum absolute atomic E-state index is 0. The third-order valence-electron chi connectivity index (χ3n) is 6.67. The van der Waals surface area contributed by atoms with Crippen LogP contribution in [-0.2, 0) is 6.54 Å². The van der Waals surface area contributed by atoms with Crippen LogP contribution in [0.5, 0.6) is 0 Å². The molecule has 0 bridgehead atoms. The molecule has 0 amide bonds. The van der Waals surface area contributed by atoms with E-state index >= 15 is 0 Å². The van der Waals surface area contributed by atoms with Crippen molar-refractivity contribution in [3.05, 3.63) is 90.5 Å². The predicted octanol–water partition coefficient (Wildman–Crippen LogP) is 4.17.